The summed E-state index contributed by atoms with van der Waals surface area (Å²) in [6.07, 6.45) is 2.98. The van der Waals surface area contributed by atoms with Gasteiger partial charge in [-0.05, 0) is 43.2 Å². The molecule has 1 unspecified atom stereocenters. The van der Waals surface area contributed by atoms with E-state index in [1.807, 2.05) is 29.1 Å². The zero-order chi connectivity index (χ0) is 17.2. The standard InChI is InChI=1S/C21H23N3O/c1-15(22-13-17-8-9-21-18(12-17)10-11-25-21)20-14-23-24(16(20)2)19-6-4-3-5-7-19/h3-9,12,14-15,22H,10-11,13H2,1-2H3. The predicted molar refractivity (Wildman–Crippen MR) is 99.2 cm³/mol. The summed E-state index contributed by atoms with van der Waals surface area (Å²) >= 11 is 0. The summed E-state index contributed by atoms with van der Waals surface area (Å²) in [4.78, 5) is 0. The van der Waals surface area contributed by atoms with Crippen LogP contribution in [0.3, 0.4) is 0 Å². The van der Waals surface area contributed by atoms with Gasteiger partial charge >= 0.3 is 0 Å². The first-order valence-electron chi connectivity index (χ1n) is 8.80. The summed E-state index contributed by atoms with van der Waals surface area (Å²) in [5.41, 5.74) is 6.11. The van der Waals surface area contributed by atoms with Gasteiger partial charge in [-0.3, -0.25) is 0 Å². The lowest BCUT2D eigenvalue weighted by molar-refractivity contribution is 0.357. The molecule has 1 atom stereocenters. The smallest absolute Gasteiger partial charge is 0.122 e. The molecule has 0 fully saturated rings. The number of hydrogen-bond donors (Lipinski definition) is 1. The summed E-state index contributed by atoms with van der Waals surface area (Å²) in [7, 11) is 0. The first-order chi connectivity index (χ1) is 12.2. The van der Waals surface area contributed by atoms with E-state index in [4.69, 9.17) is 4.74 Å². The Labute approximate surface area is 148 Å². The monoisotopic (exact) mass is 333 g/mol. The fourth-order valence-corrected chi connectivity index (χ4v) is 3.41. The Morgan fingerprint density at radius 3 is 2.88 bits per heavy atom. The van der Waals surface area contributed by atoms with E-state index < -0.39 is 0 Å². The average Bonchev–Trinajstić information content (AvgIpc) is 3.26. The van der Waals surface area contributed by atoms with E-state index in [0.717, 1.165) is 31.0 Å². The molecule has 2 aromatic carbocycles. The lowest BCUT2D eigenvalue weighted by atomic mass is 10.1. The highest BCUT2D eigenvalue weighted by molar-refractivity contribution is 5.40. The van der Waals surface area contributed by atoms with Gasteiger partial charge in [0.05, 0.1) is 18.5 Å². The lowest BCUT2D eigenvalue weighted by Crippen LogP contribution is -2.18. The van der Waals surface area contributed by atoms with Crippen molar-refractivity contribution < 1.29 is 4.74 Å². The molecule has 0 saturated carbocycles. The highest BCUT2D eigenvalue weighted by Gasteiger charge is 2.15. The van der Waals surface area contributed by atoms with Crippen molar-refractivity contribution in [2.24, 2.45) is 0 Å². The van der Waals surface area contributed by atoms with Gasteiger partial charge in [-0.15, -0.1) is 0 Å². The Bertz CT molecular complexity index is 870. The van der Waals surface area contributed by atoms with Gasteiger partial charge in [0, 0.05) is 30.3 Å². The molecule has 4 heteroatoms. The van der Waals surface area contributed by atoms with Crippen molar-refractivity contribution in [2.75, 3.05) is 6.61 Å². The number of nitrogens with one attached hydrogen (secondary N) is 1. The largest absolute Gasteiger partial charge is 0.493 e. The third-order valence-corrected chi connectivity index (χ3v) is 4.88. The van der Waals surface area contributed by atoms with Crippen molar-refractivity contribution in [2.45, 2.75) is 32.9 Å². The third-order valence-electron chi connectivity index (χ3n) is 4.88. The molecule has 4 rings (SSSR count). The quantitative estimate of drug-likeness (QED) is 0.768. The Kier molecular flexibility index (Phi) is 4.28. The first kappa shape index (κ1) is 15.9. The number of para-hydroxylation sites is 1. The van der Waals surface area contributed by atoms with E-state index in [2.05, 4.69) is 54.6 Å². The molecule has 128 valence electrons. The molecule has 0 spiro atoms. The van der Waals surface area contributed by atoms with Crippen LogP contribution in [0.2, 0.25) is 0 Å². The minimum absolute atomic E-state index is 0.238. The predicted octanol–water partition coefficient (Wildman–Crippen LogP) is 3.97. The maximum atomic E-state index is 5.58. The van der Waals surface area contributed by atoms with E-state index in [0.29, 0.717) is 0 Å². The highest BCUT2D eigenvalue weighted by atomic mass is 16.5. The Morgan fingerprint density at radius 1 is 1.20 bits per heavy atom. The highest BCUT2D eigenvalue weighted by Crippen LogP contribution is 2.26. The van der Waals surface area contributed by atoms with Crippen molar-refractivity contribution in [1.82, 2.24) is 15.1 Å². The number of aromatic nitrogens is 2. The average molecular weight is 333 g/mol. The molecule has 0 amide bonds. The van der Waals surface area contributed by atoms with Crippen LogP contribution in [-0.2, 0) is 13.0 Å². The van der Waals surface area contributed by atoms with E-state index >= 15 is 0 Å². The summed E-state index contributed by atoms with van der Waals surface area (Å²) < 4.78 is 7.58. The van der Waals surface area contributed by atoms with Crippen LogP contribution in [0.15, 0.2) is 54.7 Å². The topological polar surface area (TPSA) is 39.1 Å². The molecule has 2 heterocycles. The number of rotatable bonds is 5. The van der Waals surface area contributed by atoms with Crippen LogP contribution in [0, 0.1) is 6.92 Å². The van der Waals surface area contributed by atoms with Gasteiger partial charge in [0.2, 0.25) is 0 Å². The van der Waals surface area contributed by atoms with Crippen LogP contribution >= 0.6 is 0 Å². The van der Waals surface area contributed by atoms with Crippen molar-refractivity contribution in [1.29, 1.82) is 0 Å². The third kappa shape index (κ3) is 3.17. The van der Waals surface area contributed by atoms with Gasteiger partial charge < -0.3 is 10.1 Å². The van der Waals surface area contributed by atoms with Gasteiger partial charge in [0.25, 0.3) is 0 Å². The molecule has 1 aliphatic heterocycles. The minimum atomic E-state index is 0.238. The zero-order valence-electron chi connectivity index (χ0n) is 14.7. The molecule has 0 aliphatic carbocycles. The number of nitrogens with zero attached hydrogens (tertiary/aromatic N) is 2. The second-order valence-electron chi connectivity index (χ2n) is 6.58. The van der Waals surface area contributed by atoms with E-state index in [1.54, 1.807) is 0 Å². The van der Waals surface area contributed by atoms with Crippen molar-refractivity contribution >= 4 is 0 Å². The molecule has 0 saturated heterocycles. The molecule has 1 aliphatic rings. The fraction of sp³-hybridized carbons (Fsp3) is 0.286. The molecular formula is C21H23N3O. The second-order valence-corrected chi connectivity index (χ2v) is 6.58. The van der Waals surface area contributed by atoms with Crippen molar-refractivity contribution in [3.63, 3.8) is 0 Å². The van der Waals surface area contributed by atoms with E-state index in [9.17, 15) is 0 Å². The molecule has 3 aromatic rings. The fourth-order valence-electron chi connectivity index (χ4n) is 3.41. The molecule has 25 heavy (non-hydrogen) atoms. The Balaban J connectivity index is 1.46. The Morgan fingerprint density at radius 2 is 2.04 bits per heavy atom. The summed E-state index contributed by atoms with van der Waals surface area (Å²) in [6.45, 7) is 5.96. The van der Waals surface area contributed by atoms with E-state index in [-0.39, 0.29) is 6.04 Å². The molecule has 0 radical (unpaired) electrons. The van der Waals surface area contributed by atoms with Crippen LogP contribution in [0.25, 0.3) is 5.69 Å². The van der Waals surface area contributed by atoms with Gasteiger partial charge in [0.1, 0.15) is 5.75 Å². The maximum absolute atomic E-state index is 5.58. The zero-order valence-corrected chi connectivity index (χ0v) is 14.7. The van der Waals surface area contributed by atoms with Crippen LogP contribution in [0.1, 0.15) is 35.3 Å². The molecular weight excluding hydrogens is 310 g/mol. The maximum Gasteiger partial charge on any atom is 0.122 e. The lowest BCUT2D eigenvalue weighted by Gasteiger charge is -2.14. The van der Waals surface area contributed by atoms with Crippen LogP contribution < -0.4 is 10.1 Å². The van der Waals surface area contributed by atoms with Crippen molar-refractivity contribution in [3.05, 3.63) is 77.1 Å². The Hall–Kier alpha value is -2.59. The SMILES string of the molecule is Cc1c(C(C)NCc2ccc3c(c2)CCO3)cnn1-c1ccccc1. The van der Waals surface area contributed by atoms with Gasteiger partial charge in [-0.25, -0.2) is 4.68 Å². The summed E-state index contributed by atoms with van der Waals surface area (Å²) in [6, 6.07) is 17.0. The van der Waals surface area contributed by atoms with Gasteiger partial charge in [-0.2, -0.15) is 5.10 Å². The number of fused-ring (bicyclic) bond motifs is 1. The van der Waals surface area contributed by atoms with E-state index in [1.165, 1.54) is 22.4 Å². The van der Waals surface area contributed by atoms with Crippen molar-refractivity contribution in [3.8, 4) is 11.4 Å². The minimum Gasteiger partial charge on any atom is -0.493 e. The normalized spacial score (nSPS) is 14.2. The second kappa shape index (κ2) is 6.73. The first-order valence-corrected chi connectivity index (χ1v) is 8.80. The van der Waals surface area contributed by atoms with Crippen LogP contribution in [-0.4, -0.2) is 16.4 Å². The van der Waals surface area contributed by atoms with Gasteiger partial charge in [0.15, 0.2) is 0 Å². The molecule has 1 aromatic heterocycles. The molecule has 4 nitrogen and oxygen atoms in total. The van der Waals surface area contributed by atoms with Crippen LogP contribution in [0.5, 0.6) is 5.75 Å². The summed E-state index contributed by atoms with van der Waals surface area (Å²) in [5, 5.41) is 8.19. The van der Waals surface area contributed by atoms with Gasteiger partial charge in [-0.1, -0.05) is 30.3 Å². The molecule has 1 N–H and O–H groups in total. The molecule has 0 bridgehead atoms. The number of benzene rings is 2. The summed E-state index contributed by atoms with van der Waals surface area (Å²) in [5.74, 6) is 1.04. The number of ether oxygens (including phenoxy) is 1. The van der Waals surface area contributed by atoms with Crippen LogP contribution in [0.4, 0.5) is 0 Å². The number of hydrogen-bond acceptors (Lipinski definition) is 3.